The number of hydrogen-bond donors (Lipinski definition) is 1. The van der Waals surface area contributed by atoms with E-state index >= 15 is 0 Å². The molecule has 4 heteroatoms. The minimum Gasteiger partial charge on any atom is -0.370 e. The molecule has 1 aliphatic carbocycles. The van der Waals surface area contributed by atoms with Crippen LogP contribution in [0.3, 0.4) is 0 Å². The third-order valence-corrected chi connectivity index (χ3v) is 4.12. The monoisotopic (exact) mass is 250 g/mol. The van der Waals surface area contributed by atoms with Gasteiger partial charge in [-0.05, 0) is 37.8 Å². The lowest BCUT2D eigenvalue weighted by atomic mass is 10.0. The first-order valence-electron chi connectivity index (χ1n) is 6.73. The average molecular weight is 250 g/mol. The van der Waals surface area contributed by atoms with Crippen molar-refractivity contribution in [1.82, 2.24) is 10.3 Å². The van der Waals surface area contributed by atoms with Gasteiger partial charge in [0, 0.05) is 12.1 Å². The number of rotatable bonds is 1. The topological polar surface area (TPSA) is 34.1 Å². The third kappa shape index (κ3) is 2.27. The number of nitrogens with one attached hydrogen (secondary N) is 1. The first kappa shape index (κ1) is 12.1. The molecule has 2 fully saturated rings. The molecule has 3 nitrogen and oxygen atoms in total. The number of pyridine rings is 1. The summed E-state index contributed by atoms with van der Waals surface area (Å²) in [5, 5.41) is 3.65. The molecule has 1 aromatic rings. The molecule has 0 amide bonds. The van der Waals surface area contributed by atoms with Crippen molar-refractivity contribution < 1.29 is 9.13 Å². The highest BCUT2D eigenvalue weighted by Crippen LogP contribution is 2.33. The summed E-state index contributed by atoms with van der Waals surface area (Å²) in [6.07, 6.45) is 4.96. The van der Waals surface area contributed by atoms with Gasteiger partial charge in [-0.1, -0.05) is 6.42 Å². The van der Waals surface area contributed by atoms with E-state index in [9.17, 15) is 4.39 Å². The van der Waals surface area contributed by atoms with Gasteiger partial charge in [0.2, 0.25) is 0 Å². The van der Waals surface area contributed by atoms with Crippen LogP contribution >= 0.6 is 0 Å². The zero-order chi connectivity index (χ0) is 12.5. The van der Waals surface area contributed by atoms with Crippen LogP contribution in [0.1, 0.15) is 38.0 Å². The standard InChI is InChI=1S/C14H19FN2O/c1-9-14(13-6-5-11(15)7-16-13)18-8-10-3-2-4-12(10)17-9/h5-7,9-10,12,14,17H,2-4,8H2,1H3. The summed E-state index contributed by atoms with van der Waals surface area (Å²) in [6, 6.07) is 3.96. The number of nitrogens with zero attached hydrogens (tertiary/aromatic N) is 1. The molecule has 1 aliphatic heterocycles. The summed E-state index contributed by atoms with van der Waals surface area (Å²) < 4.78 is 18.9. The molecule has 0 aromatic carbocycles. The lowest BCUT2D eigenvalue weighted by molar-refractivity contribution is 0.0279. The zero-order valence-electron chi connectivity index (χ0n) is 10.6. The van der Waals surface area contributed by atoms with E-state index in [0.29, 0.717) is 12.0 Å². The molecule has 0 radical (unpaired) electrons. The van der Waals surface area contributed by atoms with Gasteiger partial charge in [-0.25, -0.2) is 4.39 Å². The molecule has 2 heterocycles. The molecule has 2 aliphatic rings. The summed E-state index contributed by atoms with van der Waals surface area (Å²) in [6.45, 7) is 2.90. The van der Waals surface area contributed by atoms with Gasteiger partial charge in [-0.3, -0.25) is 4.98 Å². The van der Waals surface area contributed by atoms with Crippen molar-refractivity contribution >= 4 is 0 Å². The molecular formula is C14H19FN2O. The third-order valence-electron chi connectivity index (χ3n) is 4.12. The summed E-state index contributed by atoms with van der Waals surface area (Å²) >= 11 is 0. The van der Waals surface area contributed by atoms with Crippen molar-refractivity contribution in [2.45, 2.75) is 44.4 Å². The molecule has 1 saturated heterocycles. The van der Waals surface area contributed by atoms with Gasteiger partial charge >= 0.3 is 0 Å². The van der Waals surface area contributed by atoms with E-state index in [1.807, 2.05) is 0 Å². The quantitative estimate of drug-likeness (QED) is 0.831. The lowest BCUT2D eigenvalue weighted by Gasteiger charge is -2.23. The minimum absolute atomic E-state index is 0.0730. The maximum Gasteiger partial charge on any atom is 0.141 e. The van der Waals surface area contributed by atoms with Gasteiger partial charge in [-0.15, -0.1) is 0 Å². The lowest BCUT2D eigenvalue weighted by Crippen LogP contribution is -2.39. The Bertz CT molecular complexity index is 409. The number of ether oxygens (including phenoxy) is 1. The summed E-state index contributed by atoms with van der Waals surface area (Å²) in [5.41, 5.74) is 0.816. The number of halogens is 1. The first-order chi connectivity index (χ1) is 8.74. The van der Waals surface area contributed by atoms with Gasteiger partial charge in [0.1, 0.15) is 11.9 Å². The van der Waals surface area contributed by atoms with Crippen LogP contribution in [-0.2, 0) is 4.74 Å². The summed E-state index contributed by atoms with van der Waals surface area (Å²) in [4.78, 5) is 4.15. The van der Waals surface area contributed by atoms with E-state index in [-0.39, 0.29) is 18.0 Å². The van der Waals surface area contributed by atoms with Gasteiger partial charge < -0.3 is 10.1 Å². The maximum absolute atomic E-state index is 12.9. The second-order valence-corrected chi connectivity index (χ2v) is 5.41. The molecule has 0 spiro atoms. The smallest absolute Gasteiger partial charge is 0.141 e. The van der Waals surface area contributed by atoms with E-state index in [1.165, 1.54) is 31.5 Å². The normalized spacial score (nSPS) is 36.1. The fourth-order valence-corrected chi connectivity index (χ4v) is 3.15. The van der Waals surface area contributed by atoms with Crippen LogP contribution < -0.4 is 5.32 Å². The van der Waals surface area contributed by atoms with Crippen LogP contribution in [-0.4, -0.2) is 23.7 Å². The average Bonchev–Trinajstić information content (AvgIpc) is 2.73. The number of fused-ring (bicyclic) bond motifs is 1. The van der Waals surface area contributed by atoms with Gasteiger partial charge in [0.25, 0.3) is 0 Å². The SMILES string of the molecule is CC1NC2CCCC2COC1c1ccc(F)cn1. The van der Waals surface area contributed by atoms with Crippen molar-refractivity contribution in [1.29, 1.82) is 0 Å². The highest BCUT2D eigenvalue weighted by atomic mass is 19.1. The van der Waals surface area contributed by atoms with Crippen molar-refractivity contribution in [3.05, 3.63) is 29.8 Å². The van der Waals surface area contributed by atoms with Crippen molar-refractivity contribution in [3.63, 3.8) is 0 Å². The van der Waals surface area contributed by atoms with E-state index in [0.717, 1.165) is 12.3 Å². The first-order valence-corrected chi connectivity index (χ1v) is 6.73. The molecule has 1 aromatic heterocycles. The second-order valence-electron chi connectivity index (χ2n) is 5.41. The van der Waals surface area contributed by atoms with Crippen molar-refractivity contribution in [2.24, 2.45) is 5.92 Å². The fraction of sp³-hybridized carbons (Fsp3) is 0.643. The summed E-state index contributed by atoms with van der Waals surface area (Å²) in [7, 11) is 0. The summed E-state index contributed by atoms with van der Waals surface area (Å²) in [5.74, 6) is 0.322. The minimum atomic E-state index is -0.301. The van der Waals surface area contributed by atoms with Crippen LogP contribution in [0.4, 0.5) is 4.39 Å². The van der Waals surface area contributed by atoms with Crippen LogP contribution in [0.5, 0.6) is 0 Å². The van der Waals surface area contributed by atoms with Crippen molar-refractivity contribution in [3.8, 4) is 0 Å². The molecule has 3 rings (SSSR count). The molecule has 4 atom stereocenters. The highest BCUT2D eigenvalue weighted by Gasteiger charge is 2.35. The van der Waals surface area contributed by atoms with Crippen LogP contribution in [0.2, 0.25) is 0 Å². The van der Waals surface area contributed by atoms with Gasteiger partial charge in [-0.2, -0.15) is 0 Å². The molecule has 98 valence electrons. The van der Waals surface area contributed by atoms with Gasteiger partial charge in [0.15, 0.2) is 0 Å². The number of aromatic nitrogens is 1. The van der Waals surface area contributed by atoms with Crippen LogP contribution in [0.15, 0.2) is 18.3 Å². The van der Waals surface area contributed by atoms with E-state index in [4.69, 9.17) is 4.74 Å². The van der Waals surface area contributed by atoms with Crippen LogP contribution in [0.25, 0.3) is 0 Å². The Morgan fingerprint density at radius 2 is 2.28 bits per heavy atom. The zero-order valence-corrected chi connectivity index (χ0v) is 10.6. The fourth-order valence-electron chi connectivity index (χ4n) is 3.15. The van der Waals surface area contributed by atoms with E-state index in [2.05, 4.69) is 17.2 Å². The van der Waals surface area contributed by atoms with E-state index in [1.54, 1.807) is 6.07 Å². The molecule has 1 N–H and O–H groups in total. The van der Waals surface area contributed by atoms with E-state index < -0.39 is 0 Å². The predicted octanol–water partition coefficient (Wildman–Crippen LogP) is 2.44. The van der Waals surface area contributed by atoms with Crippen molar-refractivity contribution in [2.75, 3.05) is 6.61 Å². The molecular weight excluding hydrogens is 231 g/mol. The predicted molar refractivity (Wildman–Crippen MR) is 66.6 cm³/mol. The maximum atomic E-state index is 12.9. The second kappa shape index (κ2) is 4.94. The Labute approximate surface area is 107 Å². The largest absolute Gasteiger partial charge is 0.370 e. The molecule has 4 unspecified atom stereocenters. The Morgan fingerprint density at radius 1 is 1.39 bits per heavy atom. The van der Waals surface area contributed by atoms with Gasteiger partial charge in [0.05, 0.1) is 18.5 Å². The Kier molecular flexibility index (Phi) is 3.31. The molecule has 0 bridgehead atoms. The highest BCUT2D eigenvalue weighted by molar-refractivity contribution is 5.11. The molecule has 1 saturated carbocycles. The van der Waals surface area contributed by atoms with Crippen LogP contribution in [0, 0.1) is 11.7 Å². The molecule has 18 heavy (non-hydrogen) atoms. The Balaban J connectivity index is 1.78. The Hall–Kier alpha value is -1.00. The Morgan fingerprint density at radius 3 is 3.06 bits per heavy atom. The number of hydrogen-bond acceptors (Lipinski definition) is 3.